The van der Waals surface area contributed by atoms with Crippen LogP contribution in [-0.2, 0) is 20.6 Å². The van der Waals surface area contributed by atoms with Crippen molar-refractivity contribution in [2.75, 3.05) is 5.43 Å². The van der Waals surface area contributed by atoms with Crippen molar-refractivity contribution in [2.24, 2.45) is 19.2 Å². The van der Waals surface area contributed by atoms with Gasteiger partial charge in [0.2, 0.25) is 5.95 Å². The van der Waals surface area contributed by atoms with Crippen LogP contribution in [0.1, 0.15) is 16.7 Å². The van der Waals surface area contributed by atoms with E-state index in [1.54, 1.807) is 17.8 Å². The molecule has 0 atom stereocenters. The first-order valence-corrected chi connectivity index (χ1v) is 10.4. The molecule has 4 rings (SSSR count). The second-order valence-electron chi connectivity index (χ2n) is 7.31. The number of halogens is 1. The van der Waals surface area contributed by atoms with Crippen molar-refractivity contribution in [1.82, 2.24) is 18.7 Å². The zero-order valence-electron chi connectivity index (χ0n) is 17.3. The number of anilines is 1. The van der Waals surface area contributed by atoms with Gasteiger partial charge in [-0.15, -0.1) is 0 Å². The molecule has 4 aromatic rings. The first kappa shape index (κ1) is 20.8. The van der Waals surface area contributed by atoms with Crippen LogP contribution in [0.25, 0.3) is 11.2 Å². The van der Waals surface area contributed by atoms with E-state index in [-0.39, 0.29) is 0 Å². The molecule has 0 aliphatic carbocycles. The smallest absolute Gasteiger partial charge is 0.298 e. The first-order chi connectivity index (χ1) is 14.8. The number of hydrogen-bond donors (Lipinski definition) is 1. The molecule has 0 saturated carbocycles. The van der Waals surface area contributed by atoms with Gasteiger partial charge in [-0.1, -0.05) is 57.9 Å². The number of imidazole rings is 1. The van der Waals surface area contributed by atoms with E-state index in [9.17, 15) is 9.59 Å². The number of benzene rings is 2. The van der Waals surface area contributed by atoms with Gasteiger partial charge in [-0.25, -0.2) is 10.2 Å². The number of rotatable bonds is 5. The van der Waals surface area contributed by atoms with Crippen LogP contribution >= 0.6 is 15.9 Å². The molecule has 8 nitrogen and oxygen atoms in total. The Balaban J connectivity index is 1.80. The van der Waals surface area contributed by atoms with E-state index >= 15 is 0 Å². The maximum Gasteiger partial charge on any atom is 0.332 e. The number of nitrogens with zero attached hydrogens (tertiary/aromatic N) is 5. The summed E-state index contributed by atoms with van der Waals surface area (Å²) in [7, 11) is 3.06. The Kier molecular flexibility index (Phi) is 5.60. The van der Waals surface area contributed by atoms with Gasteiger partial charge in [-0.2, -0.15) is 10.1 Å². The van der Waals surface area contributed by atoms with Gasteiger partial charge < -0.3 is 0 Å². The highest BCUT2D eigenvalue weighted by Gasteiger charge is 2.19. The number of aromatic nitrogens is 4. The monoisotopic (exact) mass is 480 g/mol. The molecule has 0 aliphatic rings. The average molecular weight is 481 g/mol. The molecule has 0 amide bonds. The Bertz CT molecular complexity index is 1400. The molecule has 9 heteroatoms. The zero-order valence-corrected chi connectivity index (χ0v) is 18.9. The molecule has 0 unspecified atom stereocenters. The van der Waals surface area contributed by atoms with Crippen LogP contribution in [0.5, 0.6) is 0 Å². The van der Waals surface area contributed by atoms with Crippen LogP contribution in [0.2, 0.25) is 0 Å². The van der Waals surface area contributed by atoms with Gasteiger partial charge in [0.05, 0.1) is 12.8 Å². The Labute approximate surface area is 186 Å². The molecule has 0 radical (unpaired) electrons. The molecule has 2 aromatic carbocycles. The summed E-state index contributed by atoms with van der Waals surface area (Å²) in [5, 5.41) is 4.29. The molecule has 0 fully saturated rings. The summed E-state index contributed by atoms with van der Waals surface area (Å²) >= 11 is 3.41. The third-order valence-corrected chi connectivity index (χ3v) is 5.59. The van der Waals surface area contributed by atoms with E-state index < -0.39 is 11.2 Å². The van der Waals surface area contributed by atoms with Crippen LogP contribution in [0.3, 0.4) is 0 Å². The molecule has 0 bridgehead atoms. The molecule has 2 aromatic heterocycles. The van der Waals surface area contributed by atoms with Crippen molar-refractivity contribution in [3.05, 3.63) is 90.5 Å². The standard InChI is InChI=1S/C22H21BrN6O2/c1-14-4-6-16(7-5-14)13-29-18-19(27(2)22(31)28(3)20(18)30)25-21(29)26-24-12-15-8-10-17(23)11-9-15/h4-12H,13H2,1-3H3,(H,25,26). The van der Waals surface area contributed by atoms with E-state index in [1.807, 2.05) is 55.5 Å². The van der Waals surface area contributed by atoms with Crippen molar-refractivity contribution in [3.8, 4) is 0 Å². The Morgan fingerprint density at radius 3 is 2.39 bits per heavy atom. The van der Waals surface area contributed by atoms with Crippen molar-refractivity contribution in [3.63, 3.8) is 0 Å². The Morgan fingerprint density at radius 2 is 1.71 bits per heavy atom. The van der Waals surface area contributed by atoms with E-state index in [2.05, 4.69) is 31.4 Å². The predicted molar refractivity (Wildman–Crippen MR) is 126 cm³/mol. The van der Waals surface area contributed by atoms with Gasteiger partial charge in [-0.3, -0.25) is 18.5 Å². The lowest BCUT2D eigenvalue weighted by Gasteiger charge is -2.09. The van der Waals surface area contributed by atoms with Gasteiger partial charge >= 0.3 is 5.69 Å². The van der Waals surface area contributed by atoms with Gasteiger partial charge in [0.1, 0.15) is 0 Å². The Hall–Kier alpha value is -3.46. The minimum Gasteiger partial charge on any atom is -0.298 e. The molecule has 1 N–H and O–H groups in total. The van der Waals surface area contributed by atoms with E-state index in [1.165, 1.54) is 11.6 Å². The zero-order chi connectivity index (χ0) is 22.1. The quantitative estimate of drug-likeness (QED) is 0.351. The first-order valence-electron chi connectivity index (χ1n) is 9.61. The molecular weight excluding hydrogens is 460 g/mol. The van der Waals surface area contributed by atoms with Gasteiger partial charge in [0, 0.05) is 18.6 Å². The van der Waals surface area contributed by atoms with Crippen LogP contribution in [-0.4, -0.2) is 24.9 Å². The third kappa shape index (κ3) is 4.09. The summed E-state index contributed by atoms with van der Waals surface area (Å²) < 4.78 is 5.19. The second kappa shape index (κ2) is 8.35. The van der Waals surface area contributed by atoms with Crippen molar-refractivity contribution >= 4 is 39.3 Å². The maximum atomic E-state index is 12.9. The summed E-state index contributed by atoms with van der Waals surface area (Å²) in [6.07, 6.45) is 1.67. The lowest BCUT2D eigenvalue weighted by atomic mass is 10.1. The maximum absolute atomic E-state index is 12.9. The lowest BCUT2D eigenvalue weighted by molar-refractivity contribution is 0.702. The highest BCUT2D eigenvalue weighted by atomic mass is 79.9. The van der Waals surface area contributed by atoms with E-state index in [4.69, 9.17) is 0 Å². The number of hydrazone groups is 1. The fourth-order valence-corrected chi connectivity index (χ4v) is 3.54. The van der Waals surface area contributed by atoms with Crippen LogP contribution < -0.4 is 16.7 Å². The van der Waals surface area contributed by atoms with Crippen molar-refractivity contribution in [1.29, 1.82) is 0 Å². The highest BCUT2D eigenvalue weighted by molar-refractivity contribution is 9.10. The predicted octanol–water partition coefficient (Wildman–Crippen LogP) is 3.00. The van der Waals surface area contributed by atoms with Gasteiger partial charge in [0.25, 0.3) is 5.56 Å². The van der Waals surface area contributed by atoms with E-state index in [0.29, 0.717) is 23.7 Å². The van der Waals surface area contributed by atoms with Gasteiger partial charge in [0.15, 0.2) is 11.2 Å². The minimum atomic E-state index is -0.428. The summed E-state index contributed by atoms with van der Waals surface area (Å²) in [6.45, 7) is 2.42. The van der Waals surface area contributed by atoms with Crippen molar-refractivity contribution < 1.29 is 0 Å². The summed E-state index contributed by atoms with van der Waals surface area (Å²) in [5.74, 6) is 0.377. The van der Waals surface area contributed by atoms with E-state index in [0.717, 1.165) is 25.7 Å². The summed E-state index contributed by atoms with van der Waals surface area (Å²) in [5.41, 5.74) is 5.81. The minimum absolute atomic E-state index is 0.307. The number of aryl methyl sites for hydroxylation is 2. The fraction of sp³-hybridized carbons (Fsp3) is 0.182. The van der Waals surface area contributed by atoms with Crippen LogP contribution in [0, 0.1) is 6.92 Å². The highest BCUT2D eigenvalue weighted by Crippen LogP contribution is 2.18. The summed E-state index contributed by atoms with van der Waals surface area (Å²) in [6, 6.07) is 15.7. The molecule has 31 heavy (non-hydrogen) atoms. The lowest BCUT2D eigenvalue weighted by Crippen LogP contribution is -2.37. The molecule has 2 heterocycles. The van der Waals surface area contributed by atoms with Crippen LogP contribution in [0.15, 0.2) is 67.7 Å². The molecule has 158 valence electrons. The SMILES string of the molecule is Cc1ccc(Cn2c(NN=Cc3ccc(Br)cc3)nc3c2c(=O)n(C)c(=O)n3C)cc1. The molecular formula is C22H21BrN6O2. The molecule has 0 saturated heterocycles. The largest absolute Gasteiger partial charge is 0.332 e. The van der Waals surface area contributed by atoms with Gasteiger partial charge in [-0.05, 0) is 30.2 Å². The average Bonchev–Trinajstić information content (AvgIpc) is 3.12. The third-order valence-electron chi connectivity index (χ3n) is 5.06. The fourth-order valence-electron chi connectivity index (χ4n) is 3.28. The molecule has 0 spiro atoms. The number of nitrogens with one attached hydrogen (secondary N) is 1. The number of fused-ring (bicyclic) bond motifs is 1. The number of hydrogen-bond acceptors (Lipinski definition) is 5. The normalized spacial score (nSPS) is 11.5. The second-order valence-corrected chi connectivity index (χ2v) is 8.22. The van der Waals surface area contributed by atoms with Crippen LogP contribution in [0.4, 0.5) is 5.95 Å². The summed E-state index contributed by atoms with van der Waals surface area (Å²) in [4.78, 5) is 29.8. The van der Waals surface area contributed by atoms with Crippen molar-refractivity contribution in [2.45, 2.75) is 13.5 Å². The molecule has 0 aliphatic heterocycles. The Morgan fingerprint density at radius 1 is 1.03 bits per heavy atom. The topological polar surface area (TPSA) is 86.2 Å².